The Labute approximate surface area is 164 Å². The van der Waals surface area contributed by atoms with Gasteiger partial charge >= 0.3 is 0 Å². The molecule has 1 saturated carbocycles. The molecule has 3 rings (SSSR count). The summed E-state index contributed by atoms with van der Waals surface area (Å²) < 4.78 is 5.88. The molecule has 152 valence electrons. The first kappa shape index (κ1) is 20.8. The summed E-state index contributed by atoms with van der Waals surface area (Å²) in [5.41, 5.74) is 9.64. The van der Waals surface area contributed by atoms with E-state index in [0.717, 1.165) is 58.2 Å². The summed E-state index contributed by atoms with van der Waals surface area (Å²) >= 11 is 0. The van der Waals surface area contributed by atoms with Gasteiger partial charge in [-0.05, 0) is 93.7 Å². The molecule has 0 spiro atoms. The van der Waals surface area contributed by atoms with Crippen LogP contribution in [-0.4, -0.2) is 41.2 Å². The van der Waals surface area contributed by atoms with E-state index in [1.807, 2.05) is 13.8 Å². The molecule has 4 N–H and O–H groups in total. The zero-order chi connectivity index (χ0) is 19.5. The average Bonchev–Trinajstić information content (AvgIpc) is 3.03. The van der Waals surface area contributed by atoms with Crippen LogP contribution in [0.5, 0.6) is 0 Å². The number of fused-ring (bicyclic) bond motifs is 1. The number of aliphatic hydroxyl groups is 2. The first-order valence-corrected chi connectivity index (χ1v) is 10.6. The second-order valence-electron chi connectivity index (χ2n) is 9.59. The quantitative estimate of drug-likeness (QED) is 0.609. The highest BCUT2D eigenvalue weighted by Gasteiger charge is 2.36. The number of aryl methyl sites for hydroxylation is 1. The van der Waals surface area contributed by atoms with Crippen LogP contribution in [0.4, 0.5) is 0 Å². The Hall–Kier alpha value is -0.940. The van der Waals surface area contributed by atoms with Gasteiger partial charge in [-0.3, -0.25) is 0 Å². The smallest absolute Gasteiger partial charge is 0.0611 e. The molecule has 1 aromatic carbocycles. The highest BCUT2D eigenvalue weighted by Crippen LogP contribution is 2.40. The van der Waals surface area contributed by atoms with Crippen molar-refractivity contribution in [2.24, 2.45) is 11.7 Å². The van der Waals surface area contributed by atoms with Crippen LogP contribution in [0.2, 0.25) is 0 Å². The van der Waals surface area contributed by atoms with Crippen LogP contribution in [0.3, 0.4) is 0 Å². The summed E-state index contributed by atoms with van der Waals surface area (Å²) in [5, 5.41) is 19.2. The molecule has 3 atom stereocenters. The van der Waals surface area contributed by atoms with Crippen LogP contribution >= 0.6 is 0 Å². The zero-order valence-electron chi connectivity index (χ0n) is 17.0. The van der Waals surface area contributed by atoms with Gasteiger partial charge in [0.25, 0.3) is 0 Å². The minimum atomic E-state index is -0.592. The monoisotopic (exact) mass is 375 g/mol. The predicted molar refractivity (Wildman–Crippen MR) is 109 cm³/mol. The number of hydrogen-bond donors (Lipinski definition) is 3. The van der Waals surface area contributed by atoms with Crippen molar-refractivity contribution in [2.75, 3.05) is 19.8 Å². The van der Waals surface area contributed by atoms with Gasteiger partial charge in [0.05, 0.1) is 12.2 Å². The molecule has 1 unspecified atom stereocenters. The van der Waals surface area contributed by atoms with Crippen molar-refractivity contribution in [3.8, 4) is 0 Å². The SMILES string of the molecule is CC(C)(O)CCCOCC1CCc2cc([C@H]3CC[C@](N)(CO)C3)ccc2C1. The van der Waals surface area contributed by atoms with Gasteiger partial charge in [-0.1, -0.05) is 18.2 Å². The second kappa shape index (κ2) is 8.60. The lowest BCUT2D eigenvalue weighted by molar-refractivity contribution is 0.0444. The van der Waals surface area contributed by atoms with Gasteiger partial charge < -0.3 is 20.7 Å². The number of nitrogens with two attached hydrogens (primary N) is 1. The van der Waals surface area contributed by atoms with Gasteiger partial charge in [-0.25, -0.2) is 0 Å². The molecule has 4 heteroatoms. The van der Waals surface area contributed by atoms with Gasteiger partial charge in [0.1, 0.15) is 0 Å². The summed E-state index contributed by atoms with van der Waals surface area (Å²) in [5.74, 6) is 1.09. The van der Waals surface area contributed by atoms with Crippen molar-refractivity contribution in [1.29, 1.82) is 0 Å². The van der Waals surface area contributed by atoms with Crippen molar-refractivity contribution in [2.45, 2.75) is 82.3 Å². The molecule has 0 radical (unpaired) electrons. The molecule has 0 aliphatic heterocycles. The summed E-state index contributed by atoms with van der Waals surface area (Å²) in [4.78, 5) is 0. The van der Waals surface area contributed by atoms with Gasteiger partial charge in [-0.2, -0.15) is 0 Å². The average molecular weight is 376 g/mol. The van der Waals surface area contributed by atoms with E-state index in [0.29, 0.717) is 11.8 Å². The molecule has 0 aromatic heterocycles. The lowest BCUT2D eigenvalue weighted by Crippen LogP contribution is -2.40. The molecule has 1 fully saturated rings. The standard InChI is InChI=1S/C23H37NO3/c1-22(2,26)9-3-11-27-15-17-4-5-19-13-20(7-6-18(19)12-17)21-8-10-23(24,14-21)16-25/h6-7,13,17,21,25-26H,3-5,8-12,14-16,24H2,1-2H3/t17?,21-,23+/m0/s1. The molecule has 0 bridgehead atoms. The van der Waals surface area contributed by atoms with Gasteiger partial charge in [-0.15, -0.1) is 0 Å². The molecule has 2 aliphatic rings. The third kappa shape index (κ3) is 5.77. The third-order valence-electron chi connectivity index (χ3n) is 6.42. The number of rotatable bonds is 8. The maximum absolute atomic E-state index is 9.74. The maximum Gasteiger partial charge on any atom is 0.0611 e. The molecule has 2 aliphatic carbocycles. The fourth-order valence-electron chi connectivity index (χ4n) is 4.69. The Morgan fingerprint density at radius 2 is 2.07 bits per heavy atom. The Kier molecular flexibility index (Phi) is 6.62. The van der Waals surface area contributed by atoms with Crippen molar-refractivity contribution in [3.05, 3.63) is 34.9 Å². The Bertz CT molecular complexity index is 625. The van der Waals surface area contributed by atoms with Crippen molar-refractivity contribution in [3.63, 3.8) is 0 Å². The van der Waals surface area contributed by atoms with Crippen molar-refractivity contribution in [1.82, 2.24) is 0 Å². The summed E-state index contributed by atoms with van der Waals surface area (Å²) in [6.45, 7) is 5.35. The molecule has 1 aromatic rings. The largest absolute Gasteiger partial charge is 0.394 e. The van der Waals surface area contributed by atoms with Gasteiger partial charge in [0.15, 0.2) is 0 Å². The number of benzene rings is 1. The van der Waals surface area contributed by atoms with E-state index < -0.39 is 5.60 Å². The predicted octanol–water partition coefficient (Wildman–Crippen LogP) is 3.32. The number of aliphatic hydroxyl groups excluding tert-OH is 1. The van der Waals surface area contributed by atoms with E-state index in [-0.39, 0.29) is 12.1 Å². The van der Waals surface area contributed by atoms with Crippen molar-refractivity contribution < 1.29 is 14.9 Å². The normalized spacial score (nSPS) is 28.3. The van der Waals surface area contributed by atoms with E-state index in [2.05, 4.69) is 18.2 Å². The number of hydrogen-bond acceptors (Lipinski definition) is 4. The van der Waals surface area contributed by atoms with Crippen LogP contribution < -0.4 is 5.73 Å². The molecule has 0 heterocycles. The molecular weight excluding hydrogens is 338 g/mol. The second-order valence-corrected chi connectivity index (χ2v) is 9.59. The fourth-order valence-corrected chi connectivity index (χ4v) is 4.69. The fraction of sp³-hybridized carbons (Fsp3) is 0.739. The van der Waals surface area contributed by atoms with Gasteiger partial charge in [0, 0.05) is 18.8 Å². The maximum atomic E-state index is 9.74. The van der Waals surface area contributed by atoms with E-state index in [1.165, 1.54) is 23.1 Å². The van der Waals surface area contributed by atoms with E-state index in [9.17, 15) is 10.2 Å². The summed E-state index contributed by atoms with van der Waals surface area (Å²) in [6.07, 6.45) is 7.99. The van der Waals surface area contributed by atoms with E-state index in [1.54, 1.807) is 0 Å². The first-order chi connectivity index (χ1) is 12.8. The lowest BCUT2D eigenvalue weighted by atomic mass is 9.82. The van der Waals surface area contributed by atoms with Crippen LogP contribution in [0, 0.1) is 5.92 Å². The zero-order valence-corrected chi connectivity index (χ0v) is 17.0. The molecule has 4 nitrogen and oxygen atoms in total. The van der Waals surface area contributed by atoms with E-state index >= 15 is 0 Å². The lowest BCUT2D eigenvalue weighted by Gasteiger charge is -2.26. The third-order valence-corrected chi connectivity index (χ3v) is 6.42. The van der Waals surface area contributed by atoms with Crippen LogP contribution in [0.25, 0.3) is 0 Å². The minimum Gasteiger partial charge on any atom is -0.394 e. The Morgan fingerprint density at radius 1 is 1.26 bits per heavy atom. The Balaban J connectivity index is 1.48. The highest BCUT2D eigenvalue weighted by atomic mass is 16.5. The minimum absolute atomic E-state index is 0.0892. The van der Waals surface area contributed by atoms with Crippen LogP contribution in [0.1, 0.15) is 75.0 Å². The molecular formula is C23H37NO3. The van der Waals surface area contributed by atoms with Crippen LogP contribution in [-0.2, 0) is 17.6 Å². The van der Waals surface area contributed by atoms with Crippen molar-refractivity contribution >= 4 is 0 Å². The van der Waals surface area contributed by atoms with E-state index in [4.69, 9.17) is 10.5 Å². The topological polar surface area (TPSA) is 75.7 Å². The summed E-state index contributed by atoms with van der Waals surface area (Å²) in [7, 11) is 0. The highest BCUT2D eigenvalue weighted by molar-refractivity contribution is 5.36. The number of ether oxygens (including phenoxy) is 1. The Morgan fingerprint density at radius 3 is 2.78 bits per heavy atom. The van der Waals surface area contributed by atoms with Crippen LogP contribution in [0.15, 0.2) is 18.2 Å². The molecule has 27 heavy (non-hydrogen) atoms. The molecule has 0 amide bonds. The van der Waals surface area contributed by atoms with Gasteiger partial charge in [0.2, 0.25) is 0 Å². The summed E-state index contributed by atoms with van der Waals surface area (Å²) in [6, 6.07) is 6.98. The first-order valence-electron chi connectivity index (χ1n) is 10.6. The molecule has 0 saturated heterocycles.